The van der Waals surface area contributed by atoms with Gasteiger partial charge in [0.15, 0.2) is 0 Å². The SMILES string of the molecule is Cc1cc(C)cc(S(=O)(=O)NC2(CO)CCCC(C)C2)c1. The summed E-state index contributed by atoms with van der Waals surface area (Å²) in [5.41, 5.74) is 1.13. The summed E-state index contributed by atoms with van der Waals surface area (Å²) < 4.78 is 28.1. The van der Waals surface area contributed by atoms with E-state index >= 15 is 0 Å². The molecule has 2 atom stereocenters. The maximum atomic E-state index is 12.7. The Morgan fingerprint density at radius 3 is 2.43 bits per heavy atom. The molecular weight excluding hydrogens is 286 g/mol. The van der Waals surface area contributed by atoms with Gasteiger partial charge in [-0.25, -0.2) is 13.1 Å². The molecule has 0 bridgehead atoms. The number of hydrogen-bond acceptors (Lipinski definition) is 3. The van der Waals surface area contributed by atoms with E-state index in [4.69, 9.17) is 0 Å². The number of sulfonamides is 1. The van der Waals surface area contributed by atoms with Gasteiger partial charge in [0.1, 0.15) is 0 Å². The fraction of sp³-hybridized carbons (Fsp3) is 0.625. The van der Waals surface area contributed by atoms with Crippen molar-refractivity contribution in [1.29, 1.82) is 0 Å². The summed E-state index contributed by atoms with van der Waals surface area (Å²) in [5.74, 6) is 0.424. The highest BCUT2D eigenvalue weighted by atomic mass is 32.2. The first-order valence-electron chi connectivity index (χ1n) is 7.49. The van der Waals surface area contributed by atoms with Crippen LogP contribution >= 0.6 is 0 Å². The third-order valence-electron chi connectivity index (χ3n) is 4.25. The minimum Gasteiger partial charge on any atom is -0.394 e. The lowest BCUT2D eigenvalue weighted by molar-refractivity contribution is 0.120. The number of aliphatic hydroxyl groups excluding tert-OH is 1. The molecule has 21 heavy (non-hydrogen) atoms. The van der Waals surface area contributed by atoms with Gasteiger partial charge in [-0.1, -0.05) is 25.8 Å². The highest BCUT2D eigenvalue weighted by Crippen LogP contribution is 2.33. The van der Waals surface area contributed by atoms with Gasteiger partial charge in [-0.2, -0.15) is 0 Å². The van der Waals surface area contributed by atoms with Crippen LogP contribution in [0.2, 0.25) is 0 Å². The van der Waals surface area contributed by atoms with Crippen LogP contribution in [0.3, 0.4) is 0 Å². The second-order valence-electron chi connectivity index (χ2n) is 6.57. The monoisotopic (exact) mass is 311 g/mol. The normalized spacial score (nSPS) is 26.8. The van der Waals surface area contributed by atoms with E-state index in [9.17, 15) is 13.5 Å². The molecule has 4 nitrogen and oxygen atoms in total. The quantitative estimate of drug-likeness (QED) is 0.898. The molecule has 0 aliphatic heterocycles. The van der Waals surface area contributed by atoms with Gasteiger partial charge in [0.25, 0.3) is 0 Å². The Balaban J connectivity index is 2.31. The van der Waals surface area contributed by atoms with Crippen LogP contribution in [0.4, 0.5) is 0 Å². The van der Waals surface area contributed by atoms with Gasteiger partial charge < -0.3 is 5.11 Å². The van der Waals surface area contributed by atoms with Crippen molar-refractivity contribution >= 4 is 10.0 Å². The Bertz CT molecular complexity index is 592. The fourth-order valence-electron chi connectivity index (χ4n) is 3.36. The van der Waals surface area contributed by atoms with Crippen LogP contribution in [0.1, 0.15) is 43.7 Å². The van der Waals surface area contributed by atoms with Crippen molar-refractivity contribution in [3.63, 3.8) is 0 Å². The van der Waals surface area contributed by atoms with Gasteiger partial charge in [0.2, 0.25) is 10.0 Å². The average Bonchev–Trinajstić information content (AvgIpc) is 2.37. The van der Waals surface area contributed by atoms with Gasteiger partial charge in [-0.3, -0.25) is 0 Å². The van der Waals surface area contributed by atoms with Crippen LogP contribution in [-0.2, 0) is 10.0 Å². The fourth-order valence-corrected chi connectivity index (χ4v) is 4.98. The third kappa shape index (κ3) is 3.84. The zero-order valence-electron chi connectivity index (χ0n) is 13.0. The number of nitrogens with one attached hydrogen (secondary N) is 1. The van der Waals surface area contributed by atoms with Gasteiger partial charge in [-0.05, 0) is 55.9 Å². The van der Waals surface area contributed by atoms with E-state index < -0.39 is 15.6 Å². The molecule has 0 amide bonds. The van der Waals surface area contributed by atoms with Crippen LogP contribution in [0, 0.1) is 19.8 Å². The summed E-state index contributed by atoms with van der Waals surface area (Å²) in [5, 5.41) is 9.75. The van der Waals surface area contributed by atoms with Gasteiger partial charge in [0.05, 0.1) is 17.0 Å². The Hall–Kier alpha value is -0.910. The topological polar surface area (TPSA) is 66.4 Å². The van der Waals surface area contributed by atoms with Crippen molar-refractivity contribution in [2.45, 2.75) is 56.9 Å². The van der Waals surface area contributed by atoms with E-state index in [1.807, 2.05) is 19.9 Å². The molecule has 1 aromatic rings. The second-order valence-corrected chi connectivity index (χ2v) is 8.25. The summed E-state index contributed by atoms with van der Waals surface area (Å²) in [7, 11) is -3.61. The first kappa shape index (κ1) is 16.5. The van der Waals surface area contributed by atoms with Crippen molar-refractivity contribution in [2.75, 3.05) is 6.61 Å². The first-order valence-corrected chi connectivity index (χ1v) is 8.98. The predicted octanol–water partition coefficient (Wildman–Crippen LogP) is 2.52. The molecule has 118 valence electrons. The highest BCUT2D eigenvalue weighted by molar-refractivity contribution is 7.89. The number of hydrogen-bond donors (Lipinski definition) is 2. The Morgan fingerprint density at radius 1 is 1.29 bits per heavy atom. The number of aryl methyl sites for hydroxylation is 2. The van der Waals surface area contributed by atoms with Crippen LogP contribution in [0.15, 0.2) is 23.1 Å². The van der Waals surface area contributed by atoms with Gasteiger partial charge >= 0.3 is 0 Å². The maximum Gasteiger partial charge on any atom is 0.241 e. The van der Waals surface area contributed by atoms with Crippen molar-refractivity contribution in [2.24, 2.45) is 5.92 Å². The maximum absolute atomic E-state index is 12.7. The number of benzene rings is 1. The zero-order chi connectivity index (χ0) is 15.7. The van der Waals surface area contributed by atoms with Crippen LogP contribution in [0.25, 0.3) is 0 Å². The molecule has 1 aromatic carbocycles. The number of rotatable bonds is 4. The Morgan fingerprint density at radius 2 is 1.90 bits per heavy atom. The molecule has 5 heteroatoms. The smallest absolute Gasteiger partial charge is 0.241 e. The van der Waals surface area contributed by atoms with E-state index in [1.165, 1.54) is 0 Å². The van der Waals surface area contributed by atoms with E-state index in [1.54, 1.807) is 12.1 Å². The molecule has 1 aliphatic rings. The van der Waals surface area contributed by atoms with Crippen molar-refractivity contribution in [1.82, 2.24) is 4.72 Å². The average molecular weight is 311 g/mol. The van der Waals surface area contributed by atoms with Crippen molar-refractivity contribution < 1.29 is 13.5 Å². The molecule has 2 unspecified atom stereocenters. The lowest BCUT2D eigenvalue weighted by atomic mass is 9.78. The van der Waals surface area contributed by atoms with E-state index in [0.29, 0.717) is 18.8 Å². The number of aliphatic hydroxyl groups is 1. The molecule has 0 radical (unpaired) electrons. The summed E-state index contributed by atoms with van der Waals surface area (Å²) >= 11 is 0. The standard InChI is InChI=1S/C16H25NO3S/c1-12-5-4-6-16(10-12,11-18)17-21(19,20)15-8-13(2)7-14(3)9-15/h7-9,12,17-18H,4-6,10-11H2,1-3H3. The van der Waals surface area contributed by atoms with E-state index in [2.05, 4.69) is 11.6 Å². The van der Waals surface area contributed by atoms with E-state index in [-0.39, 0.29) is 11.5 Å². The Kier molecular flexibility index (Phi) is 4.76. The molecule has 2 N–H and O–H groups in total. The lowest BCUT2D eigenvalue weighted by Crippen LogP contribution is -2.53. The van der Waals surface area contributed by atoms with Crippen LogP contribution in [0.5, 0.6) is 0 Å². The minimum atomic E-state index is -3.61. The summed E-state index contributed by atoms with van der Waals surface area (Å²) in [4.78, 5) is 0.283. The molecule has 0 heterocycles. The molecule has 1 aliphatic carbocycles. The summed E-state index contributed by atoms with van der Waals surface area (Å²) in [6, 6.07) is 5.29. The minimum absolute atomic E-state index is 0.151. The highest BCUT2D eigenvalue weighted by Gasteiger charge is 2.38. The summed E-state index contributed by atoms with van der Waals surface area (Å²) in [6.07, 6.45) is 3.41. The molecular formula is C16H25NO3S. The first-order chi connectivity index (χ1) is 9.76. The Labute approximate surface area is 127 Å². The molecule has 0 spiro atoms. The zero-order valence-corrected chi connectivity index (χ0v) is 13.8. The third-order valence-corrected chi connectivity index (χ3v) is 5.81. The molecule has 1 fully saturated rings. The lowest BCUT2D eigenvalue weighted by Gasteiger charge is -2.39. The van der Waals surface area contributed by atoms with Crippen molar-refractivity contribution in [3.05, 3.63) is 29.3 Å². The van der Waals surface area contributed by atoms with E-state index in [0.717, 1.165) is 24.0 Å². The van der Waals surface area contributed by atoms with Crippen LogP contribution in [-0.4, -0.2) is 25.7 Å². The van der Waals surface area contributed by atoms with Gasteiger partial charge in [-0.15, -0.1) is 0 Å². The van der Waals surface area contributed by atoms with Crippen LogP contribution < -0.4 is 4.72 Å². The molecule has 0 aromatic heterocycles. The molecule has 1 saturated carbocycles. The predicted molar refractivity (Wildman–Crippen MR) is 83.7 cm³/mol. The van der Waals surface area contributed by atoms with Gasteiger partial charge in [0, 0.05) is 0 Å². The molecule has 2 rings (SSSR count). The largest absolute Gasteiger partial charge is 0.394 e. The summed E-state index contributed by atoms with van der Waals surface area (Å²) in [6.45, 7) is 5.73. The molecule has 0 saturated heterocycles. The van der Waals surface area contributed by atoms with Crippen molar-refractivity contribution in [3.8, 4) is 0 Å². The second kappa shape index (κ2) is 6.07.